The van der Waals surface area contributed by atoms with Crippen molar-refractivity contribution in [2.75, 3.05) is 11.9 Å². The number of anilines is 1. The molecule has 3 aromatic heterocycles. The highest BCUT2D eigenvalue weighted by molar-refractivity contribution is 6.04. The number of nitrogens with zero attached hydrogens (tertiary/aromatic N) is 4. The van der Waals surface area contributed by atoms with Gasteiger partial charge in [0.25, 0.3) is 5.56 Å². The van der Waals surface area contributed by atoms with Gasteiger partial charge in [-0.2, -0.15) is 18.3 Å². The highest BCUT2D eigenvalue weighted by Crippen LogP contribution is 2.32. The number of carbonyl (C=O) groups excluding carboxylic acids is 1. The Labute approximate surface area is 179 Å². The summed E-state index contributed by atoms with van der Waals surface area (Å²) in [7, 11) is 1.56. The van der Waals surface area contributed by atoms with E-state index < -0.39 is 18.3 Å². The Morgan fingerprint density at radius 1 is 1.23 bits per heavy atom. The van der Waals surface area contributed by atoms with E-state index in [-0.39, 0.29) is 29.2 Å². The first-order chi connectivity index (χ1) is 14.2. The van der Waals surface area contributed by atoms with Crippen LogP contribution in [0.5, 0.6) is 0 Å². The lowest BCUT2D eigenvalue weighted by Gasteiger charge is -2.19. The molecule has 31 heavy (non-hydrogen) atoms. The molecule has 0 unspecified atom stereocenters. The highest BCUT2D eigenvalue weighted by atomic mass is 35.5. The Bertz CT molecular complexity index is 1350. The number of pyridine rings is 2. The van der Waals surface area contributed by atoms with Gasteiger partial charge in [0.15, 0.2) is 0 Å². The number of aromatic nitrogens is 4. The van der Waals surface area contributed by atoms with E-state index in [4.69, 9.17) is 0 Å². The summed E-state index contributed by atoms with van der Waals surface area (Å²) in [5, 5.41) is 7.01. The summed E-state index contributed by atoms with van der Waals surface area (Å²) in [6.45, 7) is -0.0467. The normalized spacial score (nSPS) is 11.5. The standard InChI is InChI=1S/C20H16F3N5O2.ClH/c1-11(29)27(2)18-13(4-3-7-24-18)12-5-6-14-16(8-12)28(10-20(21,22)23)19(30)15-9-25-26-17(14)15;/h3-9H,10H2,1-2H3,(H,25,26);1H. The molecule has 0 saturated carbocycles. The van der Waals surface area contributed by atoms with E-state index >= 15 is 0 Å². The van der Waals surface area contributed by atoms with E-state index in [1.807, 2.05) is 0 Å². The Hall–Kier alpha value is -3.40. The number of carbonyl (C=O) groups is 1. The number of hydrogen-bond acceptors (Lipinski definition) is 4. The van der Waals surface area contributed by atoms with Crippen LogP contribution in [0.3, 0.4) is 0 Å². The number of nitrogens with one attached hydrogen (secondary N) is 1. The van der Waals surface area contributed by atoms with Gasteiger partial charge < -0.3 is 0 Å². The first-order valence-corrected chi connectivity index (χ1v) is 8.93. The van der Waals surface area contributed by atoms with Gasteiger partial charge in [-0.3, -0.25) is 24.2 Å². The zero-order valence-electron chi connectivity index (χ0n) is 16.4. The minimum Gasteiger partial charge on any atom is -0.300 e. The fourth-order valence-corrected chi connectivity index (χ4v) is 3.42. The van der Waals surface area contributed by atoms with Crippen LogP contribution in [0.4, 0.5) is 19.0 Å². The molecule has 0 bridgehead atoms. The second kappa shape index (κ2) is 8.03. The Morgan fingerprint density at radius 3 is 2.65 bits per heavy atom. The Morgan fingerprint density at radius 2 is 1.97 bits per heavy atom. The van der Waals surface area contributed by atoms with Gasteiger partial charge in [0.1, 0.15) is 12.4 Å². The summed E-state index contributed by atoms with van der Waals surface area (Å²) < 4.78 is 40.4. The van der Waals surface area contributed by atoms with Gasteiger partial charge in [-0.25, -0.2) is 4.98 Å². The Balaban J connectivity index is 0.00000272. The molecule has 4 rings (SSSR count). The second-order valence-corrected chi connectivity index (χ2v) is 6.85. The number of amides is 1. The molecule has 7 nitrogen and oxygen atoms in total. The number of alkyl halides is 3. The van der Waals surface area contributed by atoms with Crippen molar-refractivity contribution in [3.05, 3.63) is 53.1 Å². The third-order valence-electron chi connectivity index (χ3n) is 4.90. The summed E-state index contributed by atoms with van der Waals surface area (Å²) in [5.74, 6) is 0.112. The van der Waals surface area contributed by atoms with Gasteiger partial charge in [0.05, 0.1) is 22.6 Å². The van der Waals surface area contributed by atoms with Gasteiger partial charge in [0.2, 0.25) is 5.91 Å². The van der Waals surface area contributed by atoms with Crippen molar-refractivity contribution in [1.29, 1.82) is 0 Å². The second-order valence-electron chi connectivity index (χ2n) is 6.85. The van der Waals surface area contributed by atoms with Crippen LogP contribution in [0.1, 0.15) is 6.92 Å². The molecular weight excluding hydrogens is 435 g/mol. The lowest BCUT2D eigenvalue weighted by molar-refractivity contribution is -0.140. The molecule has 162 valence electrons. The zero-order chi connectivity index (χ0) is 21.6. The molecule has 11 heteroatoms. The zero-order valence-corrected chi connectivity index (χ0v) is 17.2. The monoisotopic (exact) mass is 451 g/mol. The third-order valence-corrected chi connectivity index (χ3v) is 4.90. The number of H-pyrrole nitrogens is 1. The molecule has 3 heterocycles. The minimum absolute atomic E-state index is 0. The summed E-state index contributed by atoms with van der Waals surface area (Å²) in [6.07, 6.45) is -1.84. The SMILES string of the molecule is CC(=O)N(C)c1ncccc1-c1ccc2c3[nH]ncc3c(=O)n(CC(F)(F)F)c2c1.Cl. The van der Waals surface area contributed by atoms with E-state index in [9.17, 15) is 22.8 Å². The maximum absolute atomic E-state index is 13.2. The number of fused-ring (bicyclic) bond motifs is 3. The van der Waals surface area contributed by atoms with Crippen molar-refractivity contribution in [1.82, 2.24) is 19.7 Å². The molecule has 0 aliphatic heterocycles. The number of benzene rings is 1. The molecule has 0 atom stereocenters. The van der Waals surface area contributed by atoms with E-state index in [1.54, 1.807) is 31.3 Å². The van der Waals surface area contributed by atoms with Gasteiger partial charge in [0, 0.05) is 31.1 Å². The van der Waals surface area contributed by atoms with Crippen molar-refractivity contribution in [2.24, 2.45) is 0 Å². The molecule has 0 radical (unpaired) electrons. The van der Waals surface area contributed by atoms with Gasteiger partial charge >= 0.3 is 6.18 Å². The first kappa shape index (κ1) is 22.3. The van der Waals surface area contributed by atoms with E-state index in [2.05, 4.69) is 15.2 Å². The third kappa shape index (κ3) is 3.98. The smallest absolute Gasteiger partial charge is 0.300 e. The molecule has 0 aliphatic rings. The quantitative estimate of drug-likeness (QED) is 0.512. The number of aromatic amines is 1. The molecule has 0 fully saturated rings. The lowest BCUT2D eigenvalue weighted by Crippen LogP contribution is -2.28. The molecule has 1 N–H and O–H groups in total. The van der Waals surface area contributed by atoms with Crippen LogP contribution in [0.25, 0.3) is 32.9 Å². The molecule has 1 amide bonds. The van der Waals surface area contributed by atoms with Crippen LogP contribution < -0.4 is 10.5 Å². The van der Waals surface area contributed by atoms with Crippen LogP contribution in [0, 0.1) is 0 Å². The first-order valence-electron chi connectivity index (χ1n) is 8.93. The summed E-state index contributed by atoms with van der Waals surface area (Å²) in [6, 6.07) is 8.21. The van der Waals surface area contributed by atoms with E-state index in [1.165, 1.54) is 30.3 Å². The maximum atomic E-state index is 13.2. The molecular formula is C20H17ClF3N5O2. The maximum Gasteiger partial charge on any atom is 0.406 e. The van der Waals surface area contributed by atoms with Crippen LogP contribution in [-0.4, -0.2) is 38.9 Å². The van der Waals surface area contributed by atoms with Gasteiger partial charge in [-0.05, 0) is 23.8 Å². The van der Waals surface area contributed by atoms with Crippen molar-refractivity contribution in [2.45, 2.75) is 19.6 Å². The lowest BCUT2D eigenvalue weighted by atomic mass is 10.0. The molecule has 0 aliphatic carbocycles. The van der Waals surface area contributed by atoms with Crippen LogP contribution in [0.15, 0.2) is 47.5 Å². The molecule has 0 spiro atoms. The predicted molar refractivity (Wildman–Crippen MR) is 113 cm³/mol. The molecule has 1 aromatic carbocycles. The fraction of sp³-hybridized carbons (Fsp3) is 0.200. The number of halogens is 4. The summed E-state index contributed by atoms with van der Waals surface area (Å²) >= 11 is 0. The number of rotatable bonds is 3. The van der Waals surface area contributed by atoms with E-state index in [0.29, 0.717) is 32.4 Å². The van der Waals surface area contributed by atoms with E-state index in [0.717, 1.165) is 0 Å². The average molecular weight is 452 g/mol. The van der Waals surface area contributed by atoms with Crippen LogP contribution in [0.2, 0.25) is 0 Å². The van der Waals surface area contributed by atoms with Crippen LogP contribution >= 0.6 is 12.4 Å². The molecule has 0 saturated heterocycles. The summed E-state index contributed by atoms with van der Waals surface area (Å²) in [4.78, 5) is 30.1. The highest BCUT2D eigenvalue weighted by Gasteiger charge is 2.30. The van der Waals surface area contributed by atoms with Crippen molar-refractivity contribution < 1.29 is 18.0 Å². The largest absolute Gasteiger partial charge is 0.406 e. The molecule has 4 aromatic rings. The minimum atomic E-state index is -4.58. The van der Waals surface area contributed by atoms with Crippen molar-refractivity contribution in [3.63, 3.8) is 0 Å². The van der Waals surface area contributed by atoms with Crippen molar-refractivity contribution in [3.8, 4) is 11.1 Å². The van der Waals surface area contributed by atoms with Gasteiger partial charge in [-0.1, -0.05) is 12.1 Å². The number of hydrogen-bond donors (Lipinski definition) is 1. The Kier molecular flexibility index (Phi) is 5.77. The van der Waals surface area contributed by atoms with Gasteiger partial charge in [-0.15, -0.1) is 12.4 Å². The topological polar surface area (TPSA) is 83.9 Å². The predicted octanol–water partition coefficient (Wildman–Crippen LogP) is 3.91. The van der Waals surface area contributed by atoms with Crippen LogP contribution in [-0.2, 0) is 11.3 Å². The average Bonchev–Trinajstić information content (AvgIpc) is 3.19. The fourth-order valence-electron chi connectivity index (χ4n) is 3.42. The summed E-state index contributed by atoms with van der Waals surface area (Å²) in [5.41, 5.74) is 0.757. The van der Waals surface area contributed by atoms with Crippen molar-refractivity contribution >= 4 is 45.9 Å².